The minimum atomic E-state index is 0.767. The summed E-state index contributed by atoms with van der Waals surface area (Å²) in [4.78, 5) is 2.30. The molecule has 0 rings (SSSR count). The van der Waals surface area contributed by atoms with E-state index in [1.54, 1.807) is 0 Å². The summed E-state index contributed by atoms with van der Waals surface area (Å²) in [6.07, 6.45) is 6.47. The molecule has 0 aromatic carbocycles. The zero-order valence-electron chi connectivity index (χ0n) is 7.93. The first-order valence-corrected chi connectivity index (χ1v) is 4.40. The van der Waals surface area contributed by atoms with Gasteiger partial charge in [0.15, 0.2) is 0 Å². The summed E-state index contributed by atoms with van der Waals surface area (Å²) < 4.78 is 0. The summed E-state index contributed by atoms with van der Waals surface area (Å²) in [5, 5.41) is 0. The fourth-order valence-electron chi connectivity index (χ4n) is 1.00. The highest BCUT2D eigenvalue weighted by molar-refractivity contribution is 4.88. The van der Waals surface area contributed by atoms with E-state index in [4.69, 9.17) is 6.42 Å². The van der Waals surface area contributed by atoms with Crippen molar-refractivity contribution in [1.82, 2.24) is 4.90 Å². The van der Waals surface area contributed by atoms with Gasteiger partial charge in [-0.15, -0.1) is 6.42 Å². The molecule has 1 atom stereocenters. The van der Waals surface area contributed by atoms with Crippen LogP contribution in [0.3, 0.4) is 0 Å². The zero-order valence-corrected chi connectivity index (χ0v) is 7.93. The van der Waals surface area contributed by atoms with Crippen LogP contribution >= 0.6 is 0 Å². The van der Waals surface area contributed by atoms with Gasteiger partial charge in [-0.25, -0.2) is 0 Å². The van der Waals surface area contributed by atoms with Crippen molar-refractivity contribution >= 4 is 0 Å². The lowest BCUT2D eigenvalue weighted by Crippen LogP contribution is -2.28. The van der Waals surface area contributed by atoms with Crippen LogP contribution in [-0.4, -0.2) is 24.5 Å². The Morgan fingerprint density at radius 1 is 1.45 bits per heavy atom. The third kappa shape index (κ3) is 4.86. The molecule has 0 saturated carbocycles. The Morgan fingerprint density at radius 2 is 2.09 bits per heavy atom. The smallest absolute Gasteiger partial charge is 0.0598 e. The molecule has 0 aliphatic heterocycles. The monoisotopic (exact) mass is 153 g/mol. The van der Waals surface area contributed by atoms with Crippen molar-refractivity contribution in [2.24, 2.45) is 5.92 Å². The van der Waals surface area contributed by atoms with Crippen LogP contribution in [0.2, 0.25) is 0 Å². The number of rotatable bonds is 5. The molecule has 0 aliphatic carbocycles. The zero-order chi connectivity index (χ0) is 8.69. The van der Waals surface area contributed by atoms with Gasteiger partial charge in [0.05, 0.1) is 6.54 Å². The highest BCUT2D eigenvalue weighted by Gasteiger charge is 2.04. The van der Waals surface area contributed by atoms with Crippen molar-refractivity contribution < 1.29 is 0 Å². The van der Waals surface area contributed by atoms with E-state index in [9.17, 15) is 0 Å². The van der Waals surface area contributed by atoms with Crippen molar-refractivity contribution in [3.8, 4) is 12.3 Å². The molecule has 0 spiro atoms. The lowest BCUT2D eigenvalue weighted by molar-refractivity contribution is 0.273. The molecule has 1 nitrogen and oxygen atoms in total. The lowest BCUT2D eigenvalue weighted by atomic mass is 10.1. The Balaban J connectivity index is 3.60. The maximum atomic E-state index is 5.23. The molecular formula is C10H19N. The summed E-state index contributed by atoms with van der Waals surface area (Å²) in [5.41, 5.74) is 0. The number of hydrogen-bond acceptors (Lipinski definition) is 1. The Hall–Kier alpha value is -0.480. The van der Waals surface area contributed by atoms with Crippen LogP contribution in [0.1, 0.15) is 27.2 Å². The quantitative estimate of drug-likeness (QED) is 0.546. The Morgan fingerprint density at radius 3 is 2.45 bits per heavy atom. The van der Waals surface area contributed by atoms with Crippen LogP contribution in [0.4, 0.5) is 0 Å². The second kappa shape index (κ2) is 6.24. The van der Waals surface area contributed by atoms with Crippen molar-refractivity contribution in [3.05, 3.63) is 0 Å². The highest BCUT2D eigenvalue weighted by atomic mass is 15.1. The highest BCUT2D eigenvalue weighted by Crippen LogP contribution is 2.02. The van der Waals surface area contributed by atoms with Gasteiger partial charge >= 0.3 is 0 Å². The average molecular weight is 153 g/mol. The van der Waals surface area contributed by atoms with E-state index < -0.39 is 0 Å². The minimum Gasteiger partial charge on any atom is -0.292 e. The first-order chi connectivity index (χ1) is 5.24. The molecule has 0 heterocycles. The van der Waals surface area contributed by atoms with Gasteiger partial charge in [-0.1, -0.05) is 33.1 Å². The van der Waals surface area contributed by atoms with Crippen molar-refractivity contribution in [1.29, 1.82) is 0 Å². The van der Waals surface area contributed by atoms with Gasteiger partial charge < -0.3 is 0 Å². The minimum absolute atomic E-state index is 0.767. The van der Waals surface area contributed by atoms with Gasteiger partial charge in [0.2, 0.25) is 0 Å². The van der Waals surface area contributed by atoms with Crippen LogP contribution < -0.4 is 0 Å². The predicted octanol–water partition coefficient (Wildman–Crippen LogP) is 1.99. The maximum Gasteiger partial charge on any atom is 0.0598 e. The van der Waals surface area contributed by atoms with E-state index in [-0.39, 0.29) is 0 Å². The fraction of sp³-hybridized carbons (Fsp3) is 0.800. The fourth-order valence-corrected chi connectivity index (χ4v) is 1.00. The van der Waals surface area contributed by atoms with E-state index in [0.717, 1.165) is 25.6 Å². The Labute approximate surface area is 70.8 Å². The molecule has 0 aromatic heterocycles. The molecule has 0 aliphatic rings. The molecule has 1 heteroatoms. The Kier molecular flexibility index (Phi) is 5.97. The second-order valence-corrected chi connectivity index (χ2v) is 3.05. The third-order valence-electron chi connectivity index (χ3n) is 2.03. The predicted molar refractivity (Wildman–Crippen MR) is 50.4 cm³/mol. The third-order valence-corrected chi connectivity index (χ3v) is 2.03. The largest absolute Gasteiger partial charge is 0.292 e. The van der Waals surface area contributed by atoms with E-state index >= 15 is 0 Å². The normalized spacial score (nSPS) is 13.0. The van der Waals surface area contributed by atoms with Crippen LogP contribution in [0.15, 0.2) is 0 Å². The maximum absolute atomic E-state index is 5.23. The SMILES string of the molecule is C#CCN(CC)CC(C)CC. The van der Waals surface area contributed by atoms with Gasteiger partial charge in [-0.05, 0) is 12.5 Å². The van der Waals surface area contributed by atoms with Gasteiger partial charge in [-0.3, -0.25) is 4.90 Å². The summed E-state index contributed by atoms with van der Waals surface area (Å²) in [5.74, 6) is 3.44. The molecular weight excluding hydrogens is 134 g/mol. The van der Waals surface area contributed by atoms with Gasteiger partial charge in [0.1, 0.15) is 0 Å². The lowest BCUT2D eigenvalue weighted by Gasteiger charge is -2.20. The molecule has 0 amide bonds. The number of nitrogens with zero attached hydrogens (tertiary/aromatic N) is 1. The van der Waals surface area contributed by atoms with E-state index in [2.05, 4.69) is 31.6 Å². The first-order valence-electron chi connectivity index (χ1n) is 4.40. The topological polar surface area (TPSA) is 3.24 Å². The molecule has 1 unspecified atom stereocenters. The van der Waals surface area contributed by atoms with Crippen LogP contribution in [-0.2, 0) is 0 Å². The molecule has 0 bridgehead atoms. The van der Waals surface area contributed by atoms with Crippen molar-refractivity contribution in [2.45, 2.75) is 27.2 Å². The number of terminal acetylenes is 1. The van der Waals surface area contributed by atoms with Gasteiger partial charge in [0, 0.05) is 6.54 Å². The second-order valence-electron chi connectivity index (χ2n) is 3.05. The average Bonchev–Trinajstić information content (AvgIpc) is 2.03. The first kappa shape index (κ1) is 10.5. The summed E-state index contributed by atoms with van der Waals surface area (Å²) >= 11 is 0. The molecule has 0 N–H and O–H groups in total. The van der Waals surface area contributed by atoms with E-state index in [0.29, 0.717) is 0 Å². The molecule has 0 fully saturated rings. The molecule has 64 valence electrons. The van der Waals surface area contributed by atoms with E-state index in [1.807, 2.05) is 0 Å². The molecule has 0 aromatic rings. The van der Waals surface area contributed by atoms with Crippen LogP contribution in [0.25, 0.3) is 0 Å². The van der Waals surface area contributed by atoms with Gasteiger partial charge in [-0.2, -0.15) is 0 Å². The standard InChI is InChI=1S/C10H19N/c1-5-8-11(7-3)9-10(4)6-2/h1,10H,6-9H2,2-4H3. The molecule has 11 heavy (non-hydrogen) atoms. The van der Waals surface area contributed by atoms with E-state index in [1.165, 1.54) is 6.42 Å². The van der Waals surface area contributed by atoms with Gasteiger partial charge in [0.25, 0.3) is 0 Å². The molecule has 0 saturated heterocycles. The van der Waals surface area contributed by atoms with Crippen molar-refractivity contribution in [2.75, 3.05) is 19.6 Å². The Bertz CT molecular complexity index is 123. The van der Waals surface area contributed by atoms with Crippen LogP contribution in [0.5, 0.6) is 0 Å². The van der Waals surface area contributed by atoms with Crippen molar-refractivity contribution in [3.63, 3.8) is 0 Å². The summed E-state index contributed by atoms with van der Waals surface area (Å²) in [6.45, 7) is 9.62. The molecule has 0 radical (unpaired) electrons. The summed E-state index contributed by atoms with van der Waals surface area (Å²) in [7, 11) is 0. The number of hydrogen-bond donors (Lipinski definition) is 0. The summed E-state index contributed by atoms with van der Waals surface area (Å²) in [6, 6.07) is 0. The van der Waals surface area contributed by atoms with Crippen LogP contribution in [0, 0.1) is 18.3 Å².